The van der Waals surface area contributed by atoms with Gasteiger partial charge < -0.3 is 16.0 Å². The number of halogens is 1. The summed E-state index contributed by atoms with van der Waals surface area (Å²) in [5, 5.41) is 3.44. The predicted octanol–water partition coefficient (Wildman–Crippen LogP) is 2.57. The number of hydrogen-bond acceptors (Lipinski definition) is 4. The maximum Gasteiger partial charge on any atom is 0.0750 e. The van der Waals surface area contributed by atoms with Gasteiger partial charge in [-0.05, 0) is 48.7 Å². The molecule has 0 spiro atoms. The van der Waals surface area contributed by atoms with Gasteiger partial charge in [-0.3, -0.25) is 4.98 Å². The van der Waals surface area contributed by atoms with Gasteiger partial charge in [-0.25, -0.2) is 0 Å². The molecule has 1 unspecified atom stereocenters. The van der Waals surface area contributed by atoms with Crippen molar-refractivity contribution in [3.63, 3.8) is 0 Å². The standard InChI is InChI=1S/C13H21BrN4/c1-9(2)18-4-3-10(8-18)5-17-13-11(14)6-16-7-12(13)15/h6-7,9-10H,3-5,8,15H2,1-2H3,(H,16,17). The van der Waals surface area contributed by atoms with Crippen molar-refractivity contribution in [3.8, 4) is 0 Å². The molecule has 1 aliphatic heterocycles. The van der Waals surface area contributed by atoms with Gasteiger partial charge in [0.25, 0.3) is 0 Å². The molecule has 2 rings (SSSR count). The molecular weight excluding hydrogens is 292 g/mol. The Morgan fingerprint density at radius 2 is 2.33 bits per heavy atom. The third-order valence-corrected chi connectivity index (χ3v) is 4.15. The Bertz CT molecular complexity index is 388. The molecule has 1 atom stereocenters. The maximum absolute atomic E-state index is 5.92. The van der Waals surface area contributed by atoms with Gasteiger partial charge in [0, 0.05) is 25.3 Å². The number of anilines is 2. The molecule has 2 heterocycles. The van der Waals surface area contributed by atoms with E-state index in [4.69, 9.17) is 5.73 Å². The van der Waals surface area contributed by atoms with Gasteiger partial charge in [-0.1, -0.05) is 0 Å². The van der Waals surface area contributed by atoms with Crippen LogP contribution in [0.5, 0.6) is 0 Å². The second-order valence-corrected chi connectivity index (χ2v) is 6.06. The summed E-state index contributed by atoms with van der Waals surface area (Å²) >= 11 is 3.48. The quantitative estimate of drug-likeness (QED) is 0.897. The second kappa shape index (κ2) is 5.89. The third kappa shape index (κ3) is 3.14. The molecule has 0 bridgehead atoms. The minimum Gasteiger partial charge on any atom is -0.396 e. The summed E-state index contributed by atoms with van der Waals surface area (Å²) in [6.45, 7) is 7.86. The van der Waals surface area contributed by atoms with Gasteiger partial charge >= 0.3 is 0 Å². The number of pyridine rings is 1. The van der Waals surface area contributed by atoms with Crippen molar-refractivity contribution >= 4 is 27.3 Å². The molecule has 100 valence electrons. The van der Waals surface area contributed by atoms with Gasteiger partial charge in [-0.2, -0.15) is 0 Å². The first-order chi connectivity index (χ1) is 8.58. The van der Waals surface area contributed by atoms with Crippen molar-refractivity contribution in [2.45, 2.75) is 26.3 Å². The Labute approximate surface area is 117 Å². The highest BCUT2D eigenvalue weighted by Gasteiger charge is 2.24. The number of likely N-dealkylation sites (tertiary alicyclic amines) is 1. The number of rotatable bonds is 4. The van der Waals surface area contributed by atoms with Gasteiger partial charge in [0.2, 0.25) is 0 Å². The van der Waals surface area contributed by atoms with Crippen LogP contribution in [0.3, 0.4) is 0 Å². The van der Waals surface area contributed by atoms with E-state index < -0.39 is 0 Å². The number of hydrogen-bond donors (Lipinski definition) is 2. The molecule has 4 nitrogen and oxygen atoms in total. The Balaban J connectivity index is 1.89. The van der Waals surface area contributed by atoms with Gasteiger partial charge in [0.05, 0.1) is 22.0 Å². The average molecular weight is 313 g/mol. The summed E-state index contributed by atoms with van der Waals surface area (Å²) in [6, 6.07) is 0.646. The van der Waals surface area contributed by atoms with Crippen molar-refractivity contribution < 1.29 is 0 Å². The van der Waals surface area contributed by atoms with E-state index >= 15 is 0 Å². The maximum atomic E-state index is 5.92. The van der Waals surface area contributed by atoms with Crippen molar-refractivity contribution in [2.75, 3.05) is 30.7 Å². The average Bonchev–Trinajstić information content (AvgIpc) is 2.77. The van der Waals surface area contributed by atoms with Gasteiger partial charge in [-0.15, -0.1) is 0 Å². The zero-order chi connectivity index (χ0) is 13.1. The van der Waals surface area contributed by atoms with Gasteiger partial charge in [0.15, 0.2) is 0 Å². The van der Waals surface area contributed by atoms with Crippen LogP contribution in [-0.2, 0) is 0 Å². The molecule has 5 heteroatoms. The van der Waals surface area contributed by atoms with Crippen molar-refractivity contribution in [1.29, 1.82) is 0 Å². The summed E-state index contributed by atoms with van der Waals surface area (Å²) in [5.41, 5.74) is 7.58. The molecule has 1 saturated heterocycles. The number of aromatic nitrogens is 1. The van der Waals surface area contributed by atoms with E-state index in [1.165, 1.54) is 19.5 Å². The lowest BCUT2D eigenvalue weighted by Crippen LogP contribution is -2.29. The fourth-order valence-corrected chi connectivity index (χ4v) is 2.87. The lowest BCUT2D eigenvalue weighted by atomic mass is 10.1. The summed E-state index contributed by atoms with van der Waals surface area (Å²) in [4.78, 5) is 6.56. The lowest BCUT2D eigenvalue weighted by molar-refractivity contribution is 0.266. The van der Waals surface area contributed by atoms with Crippen molar-refractivity contribution in [2.24, 2.45) is 5.92 Å². The molecule has 1 aromatic heterocycles. The van der Waals surface area contributed by atoms with Crippen LogP contribution < -0.4 is 11.1 Å². The van der Waals surface area contributed by atoms with E-state index in [0.29, 0.717) is 17.6 Å². The van der Waals surface area contributed by atoms with Crippen molar-refractivity contribution in [3.05, 3.63) is 16.9 Å². The van der Waals surface area contributed by atoms with Gasteiger partial charge in [0.1, 0.15) is 0 Å². The molecule has 1 fully saturated rings. The first-order valence-corrected chi connectivity index (χ1v) is 7.24. The molecule has 1 aromatic rings. The fraction of sp³-hybridized carbons (Fsp3) is 0.615. The molecule has 1 aliphatic rings. The summed E-state index contributed by atoms with van der Waals surface area (Å²) in [6.07, 6.45) is 4.71. The Kier molecular flexibility index (Phi) is 4.45. The van der Waals surface area contributed by atoms with E-state index in [2.05, 4.69) is 45.0 Å². The number of nitrogens with zero attached hydrogens (tertiary/aromatic N) is 2. The third-order valence-electron chi connectivity index (χ3n) is 3.54. The smallest absolute Gasteiger partial charge is 0.0750 e. The minimum atomic E-state index is 0.646. The van der Waals surface area contributed by atoms with Crippen LogP contribution in [0.15, 0.2) is 16.9 Å². The van der Waals surface area contributed by atoms with E-state index in [9.17, 15) is 0 Å². The Morgan fingerprint density at radius 3 is 2.94 bits per heavy atom. The van der Waals surface area contributed by atoms with Crippen LogP contribution in [0.4, 0.5) is 11.4 Å². The molecule has 0 saturated carbocycles. The lowest BCUT2D eigenvalue weighted by Gasteiger charge is -2.20. The summed E-state index contributed by atoms with van der Waals surface area (Å²) in [7, 11) is 0. The topological polar surface area (TPSA) is 54.2 Å². The van der Waals surface area contributed by atoms with Crippen LogP contribution >= 0.6 is 15.9 Å². The van der Waals surface area contributed by atoms with E-state index in [-0.39, 0.29) is 0 Å². The van der Waals surface area contributed by atoms with Crippen LogP contribution in [-0.4, -0.2) is 35.6 Å². The first kappa shape index (κ1) is 13.6. The zero-order valence-corrected chi connectivity index (χ0v) is 12.6. The SMILES string of the molecule is CC(C)N1CCC(CNc2c(N)cncc2Br)C1. The second-order valence-electron chi connectivity index (χ2n) is 5.21. The van der Waals surface area contributed by atoms with Crippen LogP contribution in [0, 0.1) is 5.92 Å². The molecule has 0 aromatic carbocycles. The summed E-state index contributed by atoms with van der Waals surface area (Å²) in [5.74, 6) is 0.701. The molecule has 18 heavy (non-hydrogen) atoms. The van der Waals surface area contributed by atoms with Crippen LogP contribution in [0.1, 0.15) is 20.3 Å². The number of nitrogen functional groups attached to an aromatic ring is 1. The molecule has 0 aliphatic carbocycles. The molecule has 0 radical (unpaired) electrons. The summed E-state index contributed by atoms with van der Waals surface area (Å²) < 4.78 is 0.932. The predicted molar refractivity (Wildman–Crippen MR) is 79.7 cm³/mol. The normalized spacial score (nSPS) is 20.6. The highest BCUT2D eigenvalue weighted by Crippen LogP contribution is 2.28. The first-order valence-electron chi connectivity index (χ1n) is 6.45. The largest absolute Gasteiger partial charge is 0.396 e. The zero-order valence-electron chi connectivity index (χ0n) is 11.0. The minimum absolute atomic E-state index is 0.646. The van der Waals surface area contributed by atoms with E-state index in [1.807, 2.05) is 0 Å². The van der Waals surface area contributed by atoms with Crippen LogP contribution in [0.2, 0.25) is 0 Å². The Hall–Kier alpha value is -0.810. The molecule has 3 N–H and O–H groups in total. The van der Waals surface area contributed by atoms with E-state index in [1.54, 1.807) is 12.4 Å². The monoisotopic (exact) mass is 312 g/mol. The fourth-order valence-electron chi connectivity index (χ4n) is 2.38. The highest BCUT2D eigenvalue weighted by molar-refractivity contribution is 9.10. The molecular formula is C13H21BrN4. The number of nitrogens with two attached hydrogens (primary N) is 1. The van der Waals surface area contributed by atoms with Crippen LogP contribution in [0.25, 0.3) is 0 Å². The highest BCUT2D eigenvalue weighted by atomic mass is 79.9. The number of nitrogens with one attached hydrogen (secondary N) is 1. The Morgan fingerprint density at radius 1 is 1.56 bits per heavy atom. The van der Waals surface area contributed by atoms with E-state index in [0.717, 1.165) is 16.7 Å². The molecule has 0 amide bonds. The van der Waals surface area contributed by atoms with Crippen molar-refractivity contribution in [1.82, 2.24) is 9.88 Å².